The van der Waals surface area contributed by atoms with Crippen molar-refractivity contribution < 1.29 is 18.0 Å². The zero-order chi connectivity index (χ0) is 24.1. The number of nitrogens with one attached hydrogen (secondary N) is 2. The SMILES string of the molecule is Cc1ccc(C(=O)Nc2cccnc2N2CCC(CCC3CCCCN3)CC2)cc1C(F)(F)F. The highest BCUT2D eigenvalue weighted by atomic mass is 19.4. The molecule has 2 aromatic rings. The molecule has 184 valence electrons. The maximum Gasteiger partial charge on any atom is 0.416 e. The number of amides is 1. The van der Waals surface area contributed by atoms with E-state index in [0.717, 1.165) is 38.5 Å². The van der Waals surface area contributed by atoms with E-state index >= 15 is 0 Å². The van der Waals surface area contributed by atoms with Crippen molar-refractivity contribution in [2.75, 3.05) is 29.9 Å². The van der Waals surface area contributed by atoms with Gasteiger partial charge in [-0.05, 0) is 87.7 Å². The Morgan fingerprint density at radius 3 is 2.65 bits per heavy atom. The Morgan fingerprint density at radius 1 is 1.15 bits per heavy atom. The van der Waals surface area contributed by atoms with Gasteiger partial charge < -0.3 is 15.5 Å². The summed E-state index contributed by atoms with van der Waals surface area (Å²) >= 11 is 0. The van der Waals surface area contributed by atoms with Crippen LogP contribution in [0, 0.1) is 12.8 Å². The summed E-state index contributed by atoms with van der Waals surface area (Å²) in [6, 6.07) is 7.79. The van der Waals surface area contributed by atoms with E-state index in [1.165, 1.54) is 51.2 Å². The number of pyridine rings is 1. The van der Waals surface area contributed by atoms with Crippen LogP contribution in [0.1, 0.15) is 66.4 Å². The predicted molar refractivity (Wildman–Crippen MR) is 128 cm³/mol. The summed E-state index contributed by atoms with van der Waals surface area (Å²) < 4.78 is 39.8. The summed E-state index contributed by atoms with van der Waals surface area (Å²) in [5, 5.41) is 6.41. The van der Waals surface area contributed by atoms with Gasteiger partial charge in [-0.15, -0.1) is 0 Å². The highest BCUT2D eigenvalue weighted by molar-refractivity contribution is 6.05. The molecule has 2 aliphatic heterocycles. The van der Waals surface area contributed by atoms with Gasteiger partial charge in [0.15, 0.2) is 5.82 Å². The summed E-state index contributed by atoms with van der Waals surface area (Å²) in [7, 11) is 0. The van der Waals surface area contributed by atoms with Crippen molar-refractivity contribution in [3.63, 3.8) is 0 Å². The van der Waals surface area contributed by atoms with Crippen LogP contribution < -0.4 is 15.5 Å². The molecule has 5 nitrogen and oxygen atoms in total. The molecule has 0 radical (unpaired) electrons. The number of aryl methyl sites for hydroxylation is 1. The Kier molecular flexibility index (Phi) is 7.76. The lowest BCUT2D eigenvalue weighted by molar-refractivity contribution is -0.138. The zero-order valence-corrected chi connectivity index (χ0v) is 19.6. The van der Waals surface area contributed by atoms with Gasteiger partial charge in [0.25, 0.3) is 5.91 Å². The van der Waals surface area contributed by atoms with E-state index in [2.05, 4.69) is 20.5 Å². The first-order valence-electron chi connectivity index (χ1n) is 12.2. The molecule has 2 aliphatic rings. The molecule has 1 amide bonds. The molecule has 1 atom stereocenters. The molecule has 8 heteroatoms. The number of aromatic nitrogens is 1. The number of alkyl halides is 3. The van der Waals surface area contributed by atoms with Crippen molar-refractivity contribution in [2.45, 2.75) is 64.1 Å². The summed E-state index contributed by atoms with van der Waals surface area (Å²) in [5.74, 6) is 0.788. The Labute approximate surface area is 199 Å². The molecule has 3 heterocycles. The van der Waals surface area contributed by atoms with Crippen LogP contribution in [0.25, 0.3) is 0 Å². The van der Waals surface area contributed by atoms with Crippen LogP contribution in [-0.4, -0.2) is 36.6 Å². The lowest BCUT2D eigenvalue weighted by atomic mass is 9.89. The largest absolute Gasteiger partial charge is 0.416 e. The Balaban J connectivity index is 1.37. The second-order valence-corrected chi connectivity index (χ2v) is 9.51. The molecule has 2 saturated heterocycles. The van der Waals surface area contributed by atoms with Crippen LogP contribution in [0.3, 0.4) is 0 Å². The number of piperidine rings is 2. The molecule has 1 aromatic heterocycles. The van der Waals surface area contributed by atoms with Crippen LogP contribution in [0.15, 0.2) is 36.5 Å². The van der Waals surface area contributed by atoms with Gasteiger partial charge in [-0.2, -0.15) is 13.2 Å². The average Bonchev–Trinajstić information content (AvgIpc) is 2.83. The number of benzene rings is 1. The number of carbonyl (C=O) groups is 1. The standard InChI is InChI=1S/C26H33F3N4O/c1-18-7-9-20(17-22(18)26(27,28)29)25(34)32-23-6-4-14-31-24(23)33-15-11-19(12-16-33)8-10-21-5-2-3-13-30-21/h4,6-7,9,14,17,19,21,30H,2-3,5,8,10-13,15-16H2,1H3,(H,32,34). The number of rotatable bonds is 6. The molecule has 34 heavy (non-hydrogen) atoms. The minimum absolute atomic E-state index is 0.0252. The quantitative estimate of drug-likeness (QED) is 0.556. The number of hydrogen-bond acceptors (Lipinski definition) is 4. The highest BCUT2D eigenvalue weighted by Crippen LogP contribution is 2.33. The highest BCUT2D eigenvalue weighted by Gasteiger charge is 2.33. The number of nitrogens with zero attached hydrogens (tertiary/aromatic N) is 2. The monoisotopic (exact) mass is 474 g/mol. The Morgan fingerprint density at radius 2 is 1.94 bits per heavy atom. The van der Waals surface area contributed by atoms with Crippen LogP contribution in [0.2, 0.25) is 0 Å². The predicted octanol–water partition coefficient (Wildman–Crippen LogP) is 5.80. The summed E-state index contributed by atoms with van der Waals surface area (Å²) in [6.07, 6.45) is 5.67. The lowest BCUT2D eigenvalue weighted by Crippen LogP contribution is -2.37. The van der Waals surface area contributed by atoms with Crippen molar-refractivity contribution in [2.24, 2.45) is 5.92 Å². The maximum absolute atomic E-state index is 13.3. The smallest absolute Gasteiger partial charge is 0.355 e. The van der Waals surface area contributed by atoms with Gasteiger partial charge in [0.1, 0.15) is 0 Å². The van der Waals surface area contributed by atoms with Crippen LogP contribution in [0.5, 0.6) is 0 Å². The van der Waals surface area contributed by atoms with Gasteiger partial charge in [-0.1, -0.05) is 12.5 Å². The molecule has 0 saturated carbocycles. The Bertz CT molecular complexity index is 980. The number of hydrogen-bond donors (Lipinski definition) is 2. The van der Waals surface area contributed by atoms with Crippen molar-refractivity contribution in [3.8, 4) is 0 Å². The van der Waals surface area contributed by atoms with Crippen molar-refractivity contribution in [1.29, 1.82) is 0 Å². The minimum Gasteiger partial charge on any atom is -0.355 e. The lowest BCUT2D eigenvalue weighted by Gasteiger charge is -2.34. The van der Waals surface area contributed by atoms with Gasteiger partial charge in [-0.3, -0.25) is 4.79 Å². The third kappa shape index (κ3) is 6.09. The molecular formula is C26H33F3N4O. The van der Waals surface area contributed by atoms with E-state index < -0.39 is 17.6 Å². The Hall–Kier alpha value is -2.61. The van der Waals surface area contributed by atoms with E-state index in [0.29, 0.717) is 23.5 Å². The van der Waals surface area contributed by atoms with E-state index in [1.807, 2.05) is 0 Å². The molecular weight excluding hydrogens is 441 g/mol. The van der Waals surface area contributed by atoms with Crippen molar-refractivity contribution in [1.82, 2.24) is 10.3 Å². The normalized spacial score (nSPS) is 19.8. The van der Waals surface area contributed by atoms with Crippen molar-refractivity contribution in [3.05, 3.63) is 53.2 Å². The summed E-state index contributed by atoms with van der Waals surface area (Å²) in [5.41, 5.74) is -0.209. The van der Waals surface area contributed by atoms with E-state index in [1.54, 1.807) is 18.3 Å². The first-order valence-corrected chi connectivity index (χ1v) is 12.2. The third-order valence-electron chi connectivity index (χ3n) is 7.09. The molecule has 2 fully saturated rings. The molecule has 0 spiro atoms. The average molecular weight is 475 g/mol. The van der Waals surface area contributed by atoms with Crippen LogP contribution >= 0.6 is 0 Å². The van der Waals surface area contributed by atoms with Crippen LogP contribution in [0.4, 0.5) is 24.7 Å². The molecule has 0 aliphatic carbocycles. The zero-order valence-electron chi connectivity index (χ0n) is 19.6. The van der Waals surface area contributed by atoms with Crippen molar-refractivity contribution >= 4 is 17.4 Å². The van der Waals surface area contributed by atoms with Gasteiger partial charge in [0.05, 0.1) is 11.3 Å². The summed E-state index contributed by atoms with van der Waals surface area (Å²) in [4.78, 5) is 19.5. The maximum atomic E-state index is 13.3. The molecule has 0 bridgehead atoms. The van der Waals surface area contributed by atoms with Gasteiger partial charge in [0.2, 0.25) is 0 Å². The van der Waals surface area contributed by atoms with Gasteiger partial charge in [0, 0.05) is 30.9 Å². The molecule has 2 N–H and O–H groups in total. The number of anilines is 2. The number of carbonyl (C=O) groups excluding carboxylic acids is 1. The topological polar surface area (TPSA) is 57.3 Å². The fourth-order valence-corrected chi connectivity index (χ4v) is 5.05. The molecule has 1 unspecified atom stereocenters. The number of halogens is 3. The van der Waals surface area contributed by atoms with E-state index in [9.17, 15) is 18.0 Å². The minimum atomic E-state index is -4.50. The molecule has 1 aromatic carbocycles. The van der Waals surface area contributed by atoms with Crippen LogP contribution in [-0.2, 0) is 6.18 Å². The first kappa shape index (κ1) is 24.5. The summed E-state index contributed by atoms with van der Waals surface area (Å²) in [6.45, 7) is 4.23. The second kappa shape index (κ2) is 10.8. The van der Waals surface area contributed by atoms with E-state index in [4.69, 9.17) is 0 Å². The van der Waals surface area contributed by atoms with Gasteiger partial charge >= 0.3 is 6.18 Å². The molecule has 4 rings (SSSR count). The third-order valence-corrected chi connectivity index (χ3v) is 7.09. The fourth-order valence-electron chi connectivity index (χ4n) is 5.05. The second-order valence-electron chi connectivity index (χ2n) is 9.51. The van der Waals surface area contributed by atoms with E-state index in [-0.39, 0.29) is 11.1 Å². The van der Waals surface area contributed by atoms with Gasteiger partial charge in [-0.25, -0.2) is 4.98 Å². The first-order chi connectivity index (χ1) is 16.3. The fraction of sp³-hybridized carbons (Fsp3) is 0.538.